The minimum Gasteiger partial charge on any atom is -0.497 e. The topological polar surface area (TPSA) is 62.4 Å². The van der Waals surface area contributed by atoms with Crippen LogP contribution in [-0.4, -0.2) is 24.2 Å². The average molecular weight is 398 g/mol. The van der Waals surface area contributed by atoms with Gasteiger partial charge >= 0.3 is 0 Å². The van der Waals surface area contributed by atoms with E-state index in [1.807, 2.05) is 36.4 Å². The van der Waals surface area contributed by atoms with E-state index in [2.05, 4.69) is 22.9 Å². The molecule has 0 aromatic heterocycles. The Labute approximate surface area is 171 Å². The molecule has 148 valence electrons. The molecule has 2 aromatic rings. The molecular formula is C22H27N3O2S. The summed E-state index contributed by atoms with van der Waals surface area (Å²) < 4.78 is 5.12. The molecule has 1 amide bonds. The first-order valence-electron chi connectivity index (χ1n) is 9.68. The Hall–Kier alpha value is -2.60. The van der Waals surface area contributed by atoms with Gasteiger partial charge in [0.05, 0.1) is 7.11 Å². The minimum absolute atomic E-state index is 0.159. The maximum Gasteiger partial charge on any atom is 0.255 e. The Morgan fingerprint density at radius 2 is 1.57 bits per heavy atom. The maximum absolute atomic E-state index is 12.4. The standard InChI is InChI=1S/C22H27N3O2S/c1-15-5-3-4-6-20(15)25-22(28)24-18-9-7-16(8-10-18)21(26)23-17-11-13-19(27-2)14-12-17/h7-15,20H,3-6H2,1-2H3,(H,23,26)(H2,24,25,28)/t15-,20+/m1/s1. The predicted octanol–water partition coefficient (Wildman–Crippen LogP) is 4.81. The highest BCUT2D eigenvalue weighted by molar-refractivity contribution is 7.80. The van der Waals surface area contributed by atoms with Crippen LogP contribution in [0.5, 0.6) is 5.75 Å². The SMILES string of the molecule is COc1ccc(NC(=O)c2ccc(NC(=S)N[C@H]3CCCC[C@H]3C)cc2)cc1. The van der Waals surface area contributed by atoms with Crippen LogP contribution < -0.4 is 20.7 Å². The number of rotatable bonds is 5. The number of ether oxygens (including phenoxy) is 1. The molecule has 0 bridgehead atoms. The molecule has 1 aliphatic rings. The lowest BCUT2D eigenvalue weighted by Crippen LogP contribution is -2.43. The molecule has 28 heavy (non-hydrogen) atoms. The summed E-state index contributed by atoms with van der Waals surface area (Å²) in [5.41, 5.74) is 2.17. The lowest BCUT2D eigenvalue weighted by Gasteiger charge is -2.30. The molecular weight excluding hydrogens is 370 g/mol. The Morgan fingerprint density at radius 3 is 2.21 bits per heavy atom. The van der Waals surface area contributed by atoms with E-state index in [9.17, 15) is 4.79 Å². The third kappa shape index (κ3) is 5.45. The first-order chi connectivity index (χ1) is 13.5. The van der Waals surface area contributed by atoms with Crippen LogP contribution >= 0.6 is 12.2 Å². The number of carbonyl (C=O) groups excluding carboxylic acids is 1. The second kappa shape index (κ2) is 9.55. The van der Waals surface area contributed by atoms with Gasteiger partial charge in [-0.05, 0) is 79.5 Å². The fourth-order valence-corrected chi connectivity index (χ4v) is 3.72. The quantitative estimate of drug-likeness (QED) is 0.632. The number of nitrogens with one attached hydrogen (secondary N) is 3. The number of methoxy groups -OCH3 is 1. The van der Waals surface area contributed by atoms with Crippen LogP contribution in [0.25, 0.3) is 0 Å². The third-order valence-electron chi connectivity index (χ3n) is 5.18. The molecule has 1 aliphatic carbocycles. The number of hydrogen-bond donors (Lipinski definition) is 3. The maximum atomic E-state index is 12.4. The smallest absolute Gasteiger partial charge is 0.255 e. The van der Waals surface area contributed by atoms with Crippen molar-refractivity contribution in [3.63, 3.8) is 0 Å². The van der Waals surface area contributed by atoms with E-state index >= 15 is 0 Å². The van der Waals surface area contributed by atoms with Gasteiger partial charge in [-0.3, -0.25) is 4.79 Å². The van der Waals surface area contributed by atoms with Crippen molar-refractivity contribution < 1.29 is 9.53 Å². The van der Waals surface area contributed by atoms with Crippen molar-refractivity contribution >= 4 is 34.6 Å². The molecule has 0 unspecified atom stereocenters. The average Bonchev–Trinajstić information content (AvgIpc) is 2.71. The number of anilines is 2. The van der Waals surface area contributed by atoms with Crippen molar-refractivity contribution in [3.05, 3.63) is 54.1 Å². The van der Waals surface area contributed by atoms with Crippen molar-refractivity contribution in [2.24, 2.45) is 5.92 Å². The largest absolute Gasteiger partial charge is 0.497 e. The van der Waals surface area contributed by atoms with Gasteiger partial charge < -0.3 is 20.7 Å². The Morgan fingerprint density at radius 1 is 0.964 bits per heavy atom. The van der Waals surface area contributed by atoms with Crippen LogP contribution in [0, 0.1) is 5.92 Å². The van der Waals surface area contributed by atoms with E-state index < -0.39 is 0 Å². The van der Waals surface area contributed by atoms with Crippen LogP contribution in [0.4, 0.5) is 11.4 Å². The number of hydrogen-bond acceptors (Lipinski definition) is 3. The van der Waals surface area contributed by atoms with Crippen molar-refractivity contribution in [2.45, 2.75) is 38.6 Å². The normalized spacial score (nSPS) is 18.8. The highest BCUT2D eigenvalue weighted by atomic mass is 32.1. The summed E-state index contributed by atoms with van der Waals surface area (Å²) in [6.45, 7) is 2.27. The Bertz CT molecular complexity index is 806. The predicted molar refractivity (Wildman–Crippen MR) is 118 cm³/mol. The summed E-state index contributed by atoms with van der Waals surface area (Å²) in [4.78, 5) is 12.4. The van der Waals surface area contributed by atoms with E-state index in [0.29, 0.717) is 22.6 Å². The Balaban J connectivity index is 1.53. The van der Waals surface area contributed by atoms with Crippen molar-refractivity contribution in [2.75, 3.05) is 17.7 Å². The minimum atomic E-state index is -0.159. The number of thiocarbonyl (C=S) groups is 1. The summed E-state index contributed by atoms with van der Waals surface area (Å²) >= 11 is 5.45. The van der Waals surface area contributed by atoms with E-state index in [1.54, 1.807) is 19.2 Å². The first-order valence-corrected chi connectivity index (χ1v) is 10.1. The van der Waals surface area contributed by atoms with E-state index in [-0.39, 0.29) is 5.91 Å². The highest BCUT2D eigenvalue weighted by Crippen LogP contribution is 2.24. The molecule has 0 heterocycles. The number of carbonyl (C=O) groups is 1. The highest BCUT2D eigenvalue weighted by Gasteiger charge is 2.21. The van der Waals surface area contributed by atoms with Gasteiger partial charge in [0.15, 0.2) is 5.11 Å². The fourth-order valence-electron chi connectivity index (χ4n) is 3.45. The first kappa shape index (κ1) is 20.1. The number of amides is 1. The molecule has 0 saturated heterocycles. The van der Waals surface area contributed by atoms with Gasteiger partial charge in [0.25, 0.3) is 5.91 Å². The summed E-state index contributed by atoms with van der Waals surface area (Å²) in [7, 11) is 1.61. The molecule has 6 heteroatoms. The molecule has 1 fully saturated rings. The molecule has 0 aliphatic heterocycles. The van der Waals surface area contributed by atoms with E-state index in [1.165, 1.54) is 19.3 Å². The van der Waals surface area contributed by atoms with Crippen LogP contribution in [0.15, 0.2) is 48.5 Å². The van der Waals surface area contributed by atoms with Crippen LogP contribution in [0.3, 0.4) is 0 Å². The van der Waals surface area contributed by atoms with Crippen molar-refractivity contribution in [3.8, 4) is 5.75 Å². The third-order valence-corrected chi connectivity index (χ3v) is 5.40. The van der Waals surface area contributed by atoms with Gasteiger partial charge in [0.2, 0.25) is 0 Å². The zero-order valence-electron chi connectivity index (χ0n) is 16.3. The number of benzene rings is 2. The van der Waals surface area contributed by atoms with E-state index in [0.717, 1.165) is 23.5 Å². The lowest BCUT2D eigenvalue weighted by atomic mass is 9.86. The van der Waals surface area contributed by atoms with Gasteiger partial charge in [-0.15, -0.1) is 0 Å². The van der Waals surface area contributed by atoms with Gasteiger partial charge in [-0.1, -0.05) is 19.8 Å². The summed E-state index contributed by atoms with van der Waals surface area (Å²) in [6.07, 6.45) is 4.97. The second-order valence-corrected chi connectivity index (χ2v) is 7.63. The molecule has 0 spiro atoms. The fraction of sp³-hybridized carbons (Fsp3) is 0.364. The monoisotopic (exact) mass is 397 g/mol. The summed E-state index contributed by atoms with van der Waals surface area (Å²) in [5, 5.41) is 10.1. The van der Waals surface area contributed by atoms with Crippen molar-refractivity contribution in [1.29, 1.82) is 0 Å². The molecule has 5 nitrogen and oxygen atoms in total. The van der Waals surface area contributed by atoms with Crippen LogP contribution in [0.1, 0.15) is 43.0 Å². The van der Waals surface area contributed by atoms with Crippen LogP contribution in [0.2, 0.25) is 0 Å². The van der Waals surface area contributed by atoms with E-state index in [4.69, 9.17) is 17.0 Å². The second-order valence-electron chi connectivity index (χ2n) is 7.23. The summed E-state index contributed by atoms with van der Waals surface area (Å²) in [6, 6.07) is 15.0. The van der Waals surface area contributed by atoms with Crippen LogP contribution in [-0.2, 0) is 0 Å². The molecule has 1 saturated carbocycles. The molecule has 3 rings (SSSR count). The summed E-state index contributed by atoms with van der Waals surface area (Å²) in [5.74, 6) is 1.23. The molecule has 2 atom stereocenters. The molecule has 0 radical (unpaired) electrons. The molecule has 3 N–H and O–H groups in total. The van der Waals surface area contributed by atoms with Gasteiger partial charge in [-0.25, -0.2) is 0 Å². The molecule has 2 aromatic carbocycles. The Kier molecular flexibility index (Phi) is 6.87. The lowest BCUT2D eigenvalue weighted by molar-refractivity contribution is 0.102. The van der Waals surface area contributed by atoms with Gasteiger partial charge in [0.1, 0.15) is 5.75 Å². The zero-order chi connectivity index (χ0) is 19.9. The zero-order valence-corrected chi connectivity index (χ0v) is 17.1. The van der Waals surface area contributed by atoms with Crippen molar-refractivity contribution in [1.82, 2.24) is 5.32 Å². The van der Waals surface area contributed by atoms with Gasteiger partial charge in [-0.2, -0.15) is 0 Å². The van der Waals surface area contributed by atoms with Gasteiger partial charge in [0, 0.05) is 23.0 Å².